The van der Waals surface area contributed by atoms with Crippen LogP contribution in [-0.2, 0) is 6.54 Å². The minimum atomic E-state index is 0.436. The molecule has 0 saturated carbocycles. The fourth-order valence-corrected chi connectivity index (χ4v) is 2.51. The van der Waals surface area contributed by atoms with E-state index in [-0.39, 0.29) is 0 Å². The molecule has 1 atom stereocenters. The van der Waals surface area contributed by atoms with Crippen LogP contribution in [0.5, 0.6) is 0 Å². The molecule has 0 saturated heterocycles. The van der Waals surface area contributed by atoms with Crippen LogP contribution in [0.25, 0.3) is 6.08 Å². The van der Waals surface area contributed by atoms with Gasteiger partial charge in [0.25, 0.3) is 0 Å². The number of hydrogen-bond donors (Lipinski definition) is 0. The maximum absolute atomic E-state index is 2.39. The summed E-state index contributed by atoms with van der Waals surface area (Å²) in [5.74, 6) is 0. The molecule has 1 heteroatoms. The predicted molar refractivity (Wildman–Crippen MR) is 75.9 cm³/mol. The lowest BCUT2D eigenvalue weighted by Crippen LogP contribution is -2.23. The van der Waals surface area contributed by atoms with Crippen molar-refractivity contribution in [2.45, 2.75) is 19.5 Å². The zero-order chi connectivity index (χ0) is 12.4. The Morgan fingerprint density at radius 3 is 2.50 bits per heavy atom. The van der Waals surface area contributed by atoms with E-state index in [1.165, 1.54) is 16.7 Å². The van der Waals surface area contributed by atoms with E-state index in [0.717, 1.165) is 6.54 Å². The van der Waals surface area contributed by atoms with E-state index >= 15 is 0 Å². The Morgan fingerprint density at radius 2 is 1.67 bits per heavy atom. The van der Waals surface area contributed by atoms with E-state index in [2.05, 4.69) is 78.7 Å². The summed E-state index contributed by atoms with van der Waals surface area (Å²) < 4.78 is 0. The van der Waals surface area contributed by atoms with Gasteiger partial charge in [-0.15, -0.1) is 0 Å². The van der Waals surface area contributed by atoms with Crippen molar-refractivity contribution in [2.24, 2.45) is 0 Å². The minimum absolute atomic E-state index is 0.436. The Morgan fingerprint density at radius 1 is 0.944 bits per heavy atom. The number of fused-ring (bicyclic) bond motifs is 1. The molecule has 0 radical (unpaired) electrons. The van der Waals surface area contributed by atoms with Crippen LogP contribution >= 0.6 is 0 Å². The molecule has 1 heterocycles. The Balaban J connectivity index is 1.85. The zero-order valence-corrected chi connectivity index (χ0v) is 10.6. The Bertz CT molecular complexity index is 557. The summed E-state index contributed by atoms with van der Waals surface area (Å²) >= 11 is 0. The highest BCUT2D eigenvalue weighted by atomic mass is 15.1. The third-order valence-corrected chi connectivity index (χ3v) is 3.60. The van der Waals surface area contributed by atoms with Crippen molar-refractivity contribution < 1.29 is 0 Å². The van der Waals surface area contributed by atoms with Crippen molar-refractivity contribution in [3.05, 3.63) is 77.5 Å². The van der Waals surface area contributed by atoms with Gasteiger partial charge >= 0.3 is 0 Å². The van der Waals surface area contributed by atoms with Crippen LogP contribution in [0, 0.1) is 0 Å². The topological polar surface area (TPSA) is 3.24 Å². The van der Waals surface area contributed by atoms with Gasteiger partial charge in [0.1, 0.15) is 0 Å². The molecular formula is C17H17N. The Kier molecular flexibility index (Phi) is 2.89. The number of nitrogens with zero attached hydrogens (tertiary/aromatic N) is 1. The van der Waals surface area contributed by atoms with Gasteiger partial charge in [0.15, 0.2) is 0 Å². The van der Waals surface area contributed by atoms with Crippen LogP contribution in [-0.4, -0.2) is 4.90 Å². The molecule has 90 valence electrons. The van der Waals surface area contributed by atoms with Gasteiger partial charge in [-0.3, -0.25) is 0 Å². The first-order valence-corrected chi connectivity index (χ1v) is 6.41. The van der Waals surface area contributed by atoms with Crippen molar-refractivity contribution in [2.75, 3.05) is 0 Å². The van der Waals surface area contributed by atoms with Gasteiger partial charge in [0.2, 0.25) is 0 Å². The molecule has 0 fully saturated rings. The standard InChI is InChI=1S/C17H17N/c1-14-17-10-6-5-9-16(17)11-12-18(14)13-15-7-3-2-4-8-15/h2-12,14H,13H2,1H3. The lowest BCUT2D eigenvalue weighted by atomic mass is 9.97. The monoisotopic (exact) mass is 235 g/mol. The molecule has 0 amide bonds. The second kappa shape index (κ2) is 4.69. The largest absolute Gasteiger partial charge is 0.366 e. The summed E-state index contributed by atoms with van der Waals surface area (Å²) in [6.07, 6.45) is 4.41. The van der Waals surface area contributed by atoms with Crippen molar-refractivity contribution >= 4 is 6.08 Å². The fraction of sp³-hybridized carbons (Fsp3) is 0.176. The third kappa shape index (κ3) is 2.04. The summed E-state index contributed by atoms with van der Waals surface area (Å²) in [5.41, 5.74) is 4.11. The smallest absolute Gasteiger partial charge is 0.0518 e. The summed E-state index contributed by atoms with van der Waals surface area (Å²) in [5, 5.41) is 0. The second-order valence-electron chi connectivity index (χ2n) is 4.78. The fourth-order valence-electron chi connectivity index (χ4n) is 2.51. The summed E-state index contributed by atoms with van der Waals surface area (Å²) in [4.78, 5) is 2.39. The Hall–Kier alpha value is -2.02. The molecule has 0 bridgehead atoms. The van der Waals surface area contributed by atoms with Crippen LogP contribution in [0.3, 0.4) is 0 Å². The van der Waals surface area contributed by atoms with E-state index < -0.39 is 0 Å². The maximum Gasteiger partial charge on any atom is 0.0518 e. The van der Waals surface area contributed by atoms with Crippen molar-refractivity contribution in [3.63, 3.8) is 0 Å². The van der Waals surface area contributed by atoms with Gasteiger partial charge in [-0.25, -0.2) is 0 Å². The van der Waals surface area contributed by atoms with E-state index in [1.54, 1.807) is 0 Å². The van der Waals surface area contributed by atoms with E-state index in [1.807, 2.05) is 0 Å². The van der Waals surface area contributed by atoms with Crippen LogP contribution in [0.15, 0.2) is 60.8 Å². The highest BCUT2D eigenvalue weighted by Crippen LogP contribution is 2.30. The van der Waals surface area contributed by atoms with E-state index in [0.29, 0.717) is 6.04 Å². The summed E-state index contributed by atoms with van der Waals surface area (Å²) in [6.45, 7) is 3.23. The molecular weight excluding hydrogens is 218 g/mol. The van der Waals surface area contributed by atoms with Crippen LogP contribution in [0.4, 0.5) is 0 Å². The van der Waals surface area contributed by atoms with Crippen LogP contribution in [0.2, 0.25) is 0 Å². The first-order valence-electron chi connectivity index (χ1n) is 6.41. The van der Waals surface area contributed by atoms with Crippen molar-refractivity contribution in [3.8, 4) is 0 Å². The minimum Gasteiger partial charge on any atom is -0.366 e. The second-order valence-corrected chi connectivity index (χ2v) is 4.78. The molecule has 18 heavy (non-hydrogen) atoms. The SMILES string of the molecule is CC1c2ccccc2C=CN1Cc1ccccc1. The molecule has 3 rings (SSSR count). The van der Waals surface area contributed by atoms with Gasteiger partial charge < -0.3 is 4.90 Å². The molecule has 0 aliphatic carbocycles. The molecule has 0 aromatic heterocycles. The highest BCUT2D eigenvalue weighted by molar-refractivity contribution is 5.56. The molecule has 1 unspecified atom stereocenters. The van der Waals surface area contributed by atoms with Gasteiger partial charge in [0, 0.05) is 12.7 Å². The number of benzene rings is 2. The van der Waals surface area contributed by atoms with Gasteiger partial charge in [-0.2, -0.15) is 0 Å². The lowest BCUT2D eigenvalue weighted by Gasteiger charge is -2.32. The molecule has 0 spiro atoms. The van der Waals surface area contributed by atoms with Gasteiger partial charge in [-0.1, -0.05) is 54.6 Å². The first kappa shape index (κ1) is 11.1. The van der Waals surface area contributed by atoms with Gasteiger partial charge in [0.05, 0.1) is 6.04 Å². The average molecular weight is 235 g/mol. The van der Waals surface area contributed by atoms with E-state index in [9.17, 15) is 0 Å². The Labute approximate surface area is 108 Å². The van der Waals surface area contributed by atoms with Crippen molar-refractivity contribution in [1.29, 1.82) is 0 Å². The van der Waals surface area contributed by atoms with Crippen LogP contribution < -0.4 is 0 Å². The normalized spacial score (nSPS) is 17.6. The van der Waals surface area contributed by atoms with Gasteiger partial charge in [-0.05, 0) is 29.7 Å². The molecule has 1 nitrogen and oxygen atoms in total. The van der Waals surface area contributed by atoms with E-state index in [4.69, 9.17) is 0 Å². The zero-order valence-electron chi connectivity index (χ0n) is 10.6. The highest BCUT2D eigenvalue weighted by Gasteiger charge is 2.18. The predicted octanol–water partition coefficient (Wildman–Crippen LogP) is 4.23. The maximum atomic E-state index is 2.39. The van der Waals surface area contributed by atoms with Crippen LogP contribution in [0.1, 0.15) is 29.7 Å². The first-order chi connectivity index (χ1) is 8.84. The molecule has 0 N–H and O–H groups in total. The molecule has 1 aliphatic rings. The molecule has 1 aliphatic heterocycles. The number of hydrogen-bond acceptors (Lipinski definition) is 1. The number of rotatable bonds is 2. The third-order valence-electron chi connectivity index (χ3n) is 3.60. The quantitative estimate of drug-likeness (QED) is 0.752. The lowest BCUT2D eigenvalue weighted by molar-refractivity contribution is 0.288. The summed E-state index contributed by atoms with van der Waals surface area (Å²) in [7, 11) is 0. The van der Waals surface area contributed by atoms with Crippen molar-refractivity contribution in [1.82, 2.24) is 4.90 Å². The molecule has 2 aromatic rings. The molecule has 2 aromatic carbocycles. The average Bonchev–Trinajstić information content (AvgIpc) is 2.43. The summed E-state index contributed by atoms with van der Waals surface area (Å²) in [6, 6.07) is 19.7.